The lowest BCUT2D eigenvalue weighted by Crippen LogP contribution is -2.51. The Balaban J connectivity index is 1.73. The Morgan fingerprint density at radius 1 is 1.14 bits per heavy atom. The van der Waals surface area contributed by atoms with Gasteiger partial charge in [0.2, 0.25) is 5.91 Å². The Morgan fingerprint density at radius 3 is 2.40 bits per heavy atom. The number of rotatable bonds is 6. The third-order valence-corrected chi connectivity index (χ3v) is 9.02. The van der Waals surface area contributed by atoms with Crippen LogP contribution in [0.3, 0.4) is 0 Å². The van der Waals surface area contributed by atoms with Gasteiger partial charge in [0, 0.05) is 39.1 Å². The number of nitrogens with zero attached hydrogens (tertiary/aromatic N) is 1. The molecular weight excluding hydrogens is 489 g/mol. The van der Waals surface area contributed by atoms with E-state index in [0.717, 1.165) is 12.1 Å². The van der Waals surface area contributed by atoms with Gasteiger partial charge in [-0.2, -0.15) is 13.2 Å². The molecule has 1 saturated carbocycles. The molecule has 1 saturated heterocycles. The van der Waals surface area contributed by atoms with Crippen molar-refractivity contribution in [3.8, 4) is 0 Å². The average Bonchev–Trinajstić information content (AvgIpc) is 3.31. The Morgan fingerprint density at radius 2 is 1.80 bits per heavy atom. The number of halogens is 5. The third-order valence-electron chi connectivity index (χ3n) is 6.50. The van der Waals surface area contributed by atoms with E-state index in [2.05, 4.69) is 11.2 Å². The summed E-state index contributed by atoms with van der Waals surface area (Å²) in [5, 5.41) is 1.83. The van der Waals surface area contributed by atoms with E-state index in [-0.39, 0.29) is 23.5 Å². The molecule has 1 aliphatic heterocycles. The van der Waals surface area contributed by atoms with Crippen molar-refractivity contribution in [1.82, 2.24) is 5.32 Å². The minimum atomic E-state index is -4.60. The van der Waals surface area contributed by atoms with Gasteiger partial charge in [0.15, 0.2) is 0 Å². The Labute approximate surface area is 200 Å². The number of benzene rings is 2. The molecular formula is C24H26F5N3O2S. The van der Waals surface area contributed by atoms with Crippen LogP contribution < -0.4 is 16.0 Å². The molecule has 1 heterocycles. The standard InChI is InChI=1S/C24H26F5N3O2S/c1-22(25,26)18-8-3-4-9-20(18)35(2,34)17-13-19(21(33)31-23(30)10-11-23)32(14-17)16-7-5-6-15(12-16)24(27,28)29/h3-9,12,17,19H,2,10-11,13-14,30H2,1H3,(H,31,33). The van der Waals surface area contributed by atoms with Crippen molar-refractivity contribution in [1.29, 1.82) is 0 Å². The lowest BCUT2D eigenvalue weighted by atomic mass is 10.1. The Bertz CT molecular complexity index is 1240. The highest BCUT2D eigenvalue weighted by Gasteiger charge is 2.47. The molecule has 2 aliphatic rings. The molecule has 0 aromatic heterocycles. The van der Waals surface area contributed by atoms with Crippen LogP contribution in [0.1, 0.15) is 37.3 Å². The van der Waals surface area contributed by atoms with Gasteiger partial charge >= 0.3 is 6.18 Å². The van der Waals surface area contributed by atoms with Gasteiger partial charge < -0.3 is 16.0 Å². The van der Waals surface area contributed by atoms with Crippen LogP contribution >= 0.6 is 0 Å². The lowest BCUT2D eigenvalue weighted by Gasteiger charge is -2.28. The van der Waals surface area contributed by atoms with Crippen LogP contribution in [0, 0.1) is 0 Å². The van der Waals surface area contributed by atoms with Crippen molar-refractivity contribution < 1.29 is 31.0 Å². The number of anilines is 1. The molecule has 3 atom stereocenters. The predicted octanol–water partition coefficient (Wildman–Crippen LogP) is 4.10. The number of hydrogen-bond donors (Lipinski definition) is 2. The molecule has 1 amide bonds. The smallest absolute Gasteiger partial charge is 0.358 e. The monoisotopic (exact) mass is 515 g/mol. The number of carbonyl (C=O) groups is 1. The highest BCUT2D eigenvalue weighted by Crippen LogP contribution is 2.39. The quantitative estimate of drug-likeness (QED) is 0.345. The zero-order valence-electron chi connectivity index (χ0n) is 18.9. The van der Waals surface area contributed by atoms with Gasteiger partial charge in [-0.1, -0.05) is 24.3 Å². The first-order chi connectivity index (χ1) is 16.1. The van der Waals surface area contributed by atoms with E-state index in [1.807, 2.05) is 0 Å². The largest absolute Gasteiger partial charge is 0.416 e. The van der Waals surface area contributed by atoms with Gasteiger partial charge in [-0.05, 0) is 49.4 Å². The normalized spacial score (nSPS) is 23.6. The minimum absolute atomic E-state index is 0.0515. The Kier molecular flexibility index (Phi) is 6.16. The molecule has 2 fully saturated rings. The lowest BCUT2D eigenvalue weighted by molar-refractivity contribution is -0.137. The van der Waals surface area contributed by atoms with Crippen LogP contribution in [-0.2, 0) is 26.4 Å². The molecule has 0 radical (unpaired) electrons. The number of alkyl halides is 5. The summed E-state index contributed by atoms with van der Waals surface area (Å²) < 4.78 is 82.5. The fourth-order valence-electron chi connectivity index (χ4n) is 4.37. The van der Waals surface area contributed by atoms with Crippen molar-refractivity contribution in [2.75, 3.05) is 11.4 Å². The summed E-state index contributed by atoms with van der Waals surface area (Å²) in [5.41, 5.74) is 3.90. The van der Waals surface area contributed by atoms with E-state index in [1.54, 1.807) is 0 Å². The van der Waals surface area contributed by atoms with Crippen LogP contribution in [0.4, 0.5) is 27.6 Å². The fraction of sp³-hybridized carbons (Fsp3) is 0.417. The van der Waals surface area contributed by atoms with Gasteiger partial charge in [0.05, 0.1) is 16.5 Å². The Hall–Kier alpha value is -2.66. The van der Waals surface area contributed by atoms with Gasteiger partial charge in [-0.25, -0.2) is 8.78 Å². The first-order valence-electron chi connectivity index (χ1n) is 11.0. The molecule has 190 valence electrons. The van der Waals surface area contributed by atoms with Crippen molar-refractivity contribution in [3.63, 3.8) is 0 Å². The zero-order valence-corrected chi connectivity index (χ0v) is 19.8. The molecule has 3 unspecified atom stereocenters. The van der Waals surface area contributed by atoms with Crippen molar-refractivity contribution >= 4 is 27.0 Å². The number of carbonyl (C=O) groups excluding carboxylic acids is 1. The molecule has 0 bridgehead atoms. The SMILES string of the molecule is C=S(=O)(c1ccccc1C(C)(F)F)C1CC(C(=O)NC2(N)CC2)N(c2cccc(C(F)(F)F)c2)C1. The third kappa shape index (κ3) is 5.16. The fourth-order valence-corrected chi connectivity index (χ4v) is 6.55. The van der Waals surface area contributed by atoms with E-state index >= 15 is 0 Å². The molecule has 2 aromatic rings. The van der Waals surface area contributed by atoms with Gasteiger partial charge in [0.25, 0.3) is 5.92 Å². The van der Waals surface area contributed by atoms with Gasteiger partial charge in [-0.3, -0.25) is 9.00 Å². The molecule has 2 aromatic carbocycles. The predicted molar refractivity (Wildman–Crippen MR) is 125 cm³/mol. The van der Waals surface area contributed by atoms with E-state index < -0.39 is 55.6 Å². The molecule has 5 nitrogen and oxygen atoms in total. The summed E-state index contributed by atoms with van der Waals surface area (Å²) in [5.74, 6) is -0.0126. The second-order valence-corrected chi connectivity index (χ2v) is 11.9. The van der Waals surface area contributed by atoms with Crippen LogP contribution in [0.25, 0.3) is 0 Å². The van der Waals surface area contributed by atoms with E-state index in [1.165, 1.54) is 41.3 Å². The van der Waals surface area contributed by atoms with Crippen LogP contribution in [0.5, 0.6) is 0 Å². The highest BCUT2D eigenvalue weighted by molar-refractivity contribution is 8.01. The number of nitrogens with two attached hydrogens (primary N) is 1. The highest BCUT2D eigenvalue weighted by atomic mass is 32.2. The van der Waals surface area contributed by atoms with E-state index in [9.17, 15) is 31.0 Å². The van der Waals surface area contributed by atoms with E-state index in [0.29, 0.717) is 19.8 Å². The topological polar surface area (TPSA) is 75.4 Å². The molecule has 35 heavy (non-hydrogen) atoms. The molecule has 0 spiro atoms. The van der Waals surface area contributed by atoms with Crippen molar-refractivity contribution in [2.24, 2.45) is 5.73 Å². The first-order valence-corrected chi connectivity index (χ1v) is 12.8. The summed E-state index contributed by atoms with van der Waals surface area (Å²) in [6.45, 7) is 0.584. The maximum absolute atomic E-state index is 14.3. The average molecular weight is 516 g/mol. The summed E-state index contributed by atoms with van der Waals surface area (Å²) >= 11 is 0. The van der Waals surface area contributed by atoms with Crippen LogP contribution in [-0.4, -0.2) is 39.5 Å². The summed E-state index contributed by atoms with van der Waals surface area (Å²) in [4.78, 5) is 14.4. The van der Waals surface area contributed by atoms with Crippen LogP contribution in [0.2, 0.25) is 0 Å². The molecule has 11 heteroatoms. The summed E-state index contributed by atoms with van der Waals surface area (Å²) in [6.07, 6.45) is -3.54. The van der Waals surface area contributed by atoms with Gasteiger partial charge in [0.1, 0.15) is 6.04 Å². The van der Waals surface area contributed by atoms with Gasteiger partial charge in [-0.15, -0.1) is 0 Å². The first kappa shape index (κ1) is 25.4. The molecule has 4 rings (SSSR count). The summed E-state index contributed by atoms with van der Waals surface area (Å²) in [6, 6.07) is 8.85. The number of nitrogens with one attached hydrogen (secondary N) is 1. The van der Waals surface area contributed by atoms with Crippen molar-refractivity contribution in [3.05, 3.63) is 59.7 Å². The van der Waals surface area contributed by atoms with Crippen molar-refractivity contribution in [2.45, 2.75) is 60.1 Å². The number of hydrogen-bond acceptors (Lipinski definition) is 4. The maximum Gasteiger partial charge on any atom is 0.416 e. The van der Waals surface area contributed by atoms with Crippen LogP contribution in [0.15, 0.2) is 53.4 Å². The van der Waals surface area contributed by atoms with E-state index in [4.69, 9.17) is 5.73 Å². The molecule has 1 aliphatic carbocycles. The maximum atomic E-state index is 14.3. The molecule has 3 N–H and O–H groups in total. The minimum Gasteiger partial charge on any atom is -0.358 e. The second kappa shape index (κ2) is 8.48. The second-order valence-electron chi connectivity index (χ2n) is 9.33. The number of amides is 1. The zero-order chi connectivity index (χ0) is 25.8. The summed E-state index contributed by atoms with van der Waals surface area (Å²) in [7, 11) is -3.38.